The summed E-state index contributed by atoms with van der Waals surface area (Å²) in [6.07, 6.45) is 0.938. The van der Waals surface area contributed by atoms with Crippen LogP contribution < -0.4 is 14.8 Å². The first-order valence-corrected chi connectivity index (χ1v) is 8.44. The van der Waals surface area contributed by atoms with Gasteiger partial charge in [0, 0.05) is 12.6 Å². The smallest absolute Gasteiger partial charge is 0.122 e. The van der Waals surface area contributed by atoms with Gasteiger partial charge >= 0.3 is 0 Å². The van der Waals surface area contributed by atoms with Crippen LogP contribution in [0.4, 0.5) is 0 Å². The van der Waals surface area contributed by atoms with Gasteiger partial charge in [-0.25, -0.2) is 0 Å². The molecule has 1 N–H and O–H groups in total. The fraction of sp³-hybridized carbons (Fsp3) is 0.429. The molecule has 0 saturated heterocycles. The molecule has 0 bridgehead atoms. The van der Waals surface area contributed by atoms with Crippen LogP contribution in [0, 0.1) is 0 Å². The minimum atomic E-state index is 0.206. The van der Waals surface area contributed by atoms with Gasteiger partial charge in [0.2, 0.25) is 0 Å². The zero-order chi connectivity index (χ0) is 17.6. The van der Waals surface area contributed by atoms with Crippen LogP contribution in [0.2, 0.25) is 0 Å². The third-order valence-electron chi connectivity index (χ3n) is 4.15. The number of rotatable bonds is 7. The Labute approximate surface area is 146 Å². The second kappa shape index (κ2) is 8.20. The normalized spacial score (nSPS) is 11.4. The summed E-state index contributed by atoms with van der Waals surface area (Å²) in [6, 6.07) is 14.9. The molecule has 0 aliphatic carbocycles. The van der Waals surface area contributed by atoms with E-state index >= 15 is 0 Å². The standard InChI is InChI=1S/C21H29NO2/c1-21(2,3)18-8-6-16(7-9-18)15-22-11-10-17-12-19(23-4)14-20(13-17)24-5/h6-9,12-14,22H,10-11,15H2,1-5H3. The van der Waals surface area contributed by atoms with Crippen LogP contribution in [0.3, 0.4) is 0 Å². The summed E-state index contributed by atoms with van der Waals surface area (Å²) in [5.41, 5.74) is 4.10. The first kappa shape index (κ1) is 18.3. The van der Waals surface area contributed by atoms with Gasteiger partial charge in [-0.1, -0.05) is 45.0 Å². The van der Waals surface area contributed by atoms with E-state index in [0.717, 1.165) is 31.0 Å². The van der Waals surface area contributed by atoms with Crippen LogP contribution in [0.1, 0.15) is 37.5 Å². The molecule has 130 valence electrons. The summed E-state index contributed by atoms with van der Waals surface area (Å²) in [6.45, 7) is 8.51. The van der Waals surface area contributed by atoms with Crippen LogP contribution in [0.15, 0.2) is 42.5 Å². The molecule has 24 heavy (non-hydrogen) atoms. The molecule has 2 rings (SSSR count). The summed E-state index contributed by atoms with van der Waals surface area (Å²) in [5, 5.41) is 3.50. The molecule has 0 aliphatic rings. The average molecular weight is 327 g/mol. The Morgan fingerprint density at radius 3 is 1.92 bits per heavy atom. The van der Waals surface area contributed by atoms with Gasteiger partial charge in [0.1, 0.15) is 11.5 Å². The van der Waals surface area contributed by atoms with Crippen LogP contribution in [-0.4, -0.2) is 20.8 Å². The lowest BCUT2D eigenvalue weighted by Crippen LogP contribution is -2.17. The van der Waals surface area contributed by atoms with E-state index in [9.17, 15) is 0 Å². The minimum Gasteiger partial charge on any atom is -0.497 e. The highest BCUT2D eigenvalue weighted by molar-refractivity contribution is 5.38. The number of methoxy groups -OCH3 is 2. The second-order valence-electron chi connectivity index (χ2n) is 7.09. The highest BCUT2D eigenvalue weighted by Crippen LogP contribution is 2.23. The van der Waals surface area contributed by atoms with Gasteiger partial charge in [-0.15, -0.1) is 0 Å². The third-order valence-corrected chi connectivity index (χ3v) is 4.15. The molecule has 0 amide bonds. The molecule has 0 aliphatic heterocycles. The Morgan fingerprint density at radius 2 is 1.42 bits per heavy atom. The van der Waals surface area contributed by atoms with E-state index in [2.05, 4.69) is 62.5 Å². The minimum absolute atomic E-state index is 0.206. The van der Waals surface area contributed by atoms with E-state index in [1.807, 2.05) is 6.07 Å². The maximum absolute atomic E-state index is 5.31. The van der Waals surface area contributed by atoms with Crippen molar-refractivity contribution in [3.63, 3.8) is 0 Å². The van der Waals surface area contributed by atoms with Crippen LogP contribution >= 0.6 is 0 Å². The largest absolute Gasteiger partial charge is 0.497 e. The maximum Gasteiger partial charge on any atom is 0.122 e. The lowest BCUT2D eigenvalue weighted by atomic mass is 9.87. The summed E-state index contributed by atoms with van der Waals surface area (Å²) in [4.78, 5) is 0. The predicted molar refractivity (Wildman–Crippen MR) is 100 cm³/mol. The van der Waals surface area contributed by atoms with Crippen molar-refractivity contribution in [3.05, 3.63) is 59.2 Å². The third kappa shape index (κ3) is 5.27. The Morgan fingerprint density at radius 1 is 0.833 bits per heavy atom. The van der Waals surface area contributed by atoms with Crippen molar-refractivity contribution < 1.29 is 9.47 Å². The van der Waals surface area contributed by atoms with Gasteiger partial charge in [0.15, 0.2) is 0 Å². The number of nitrogens with one attached hydrogen (secondary N) is 1. The molecule has 2 aromatic rings. The van der Waals surface area contributed by atoms with Gasteiger partial charge in [-0.05, 0) is 47.2 Å². The number of ether oxygens (including phenoxy) is 2. The highest BCUT2D eigenvalue weighted by atomic mass is 16.5. The molecule has 0 spiro atoms. The molecule has 0 radical (unpaired) electrons. The number of benzene rings is 2. The molecule has 3 nitrogen and oxygen atoms in total. The molecular formula is C21H29NO2. The second-order valence-corrected chi connectivity index (χ2v) is 7.09. The monoisotopic (exact) mass is 327 g/mol. The Balaban J connectivity index is 1.85. The van der Waals surface area contributed by atoms with Crippen LogP contribution in [-0.2, 0) is 18.4 Å². The van der Waals surface area contributed by atoms with Crippen molar-refractivity contribution in [2.24, 2.45) is 0 Å². The molecule has 0 fully saturated rings. The van der Waals surface area contributed by atoms with Crippen molar-refractivity contribution in [1.82, 2.24) is 5.32 Å². The zero-order valence-corrected chi connectivity index (χ0v) is 15.5. The summed E-state index contributed by atoms with van der Waals surface area (Å²) in [7, 11) is 3.36. The van der Waals surface area contributed by atoms with E-state index in [1.165, 1.54) is 16.7 Å². The molecule has 0 saturated carbocycles. The molecule has 0 heterocycles. The zero-order valence-electron chi connectivity index (χ0n) is 15.5. The van der Waals surface area contributed by atoms with Gasteiger partial charge < -0.3 is 14.8 Å². The molecule has 2 aromatic carbocycles. The lowest BCUT2D eigenvalue weighted by molar-refractivity contribution is 0.393. The first-order valence-electron chi connectivity index (χ1n) is 8.44. The SMILES string of the molecule is COc1cc(CCNCc2ccc(C(C)(C)C)cc2)cc(OC)c1. The van der Waals surface area contributed by atoms with Crippen molar-refractivity contribution in [3.8, 4) is 11.5 Å². The Hall–Kier alpha value is -2.00. The van der Waals surface area contributed by atoms with Gasteiger partial charge in [-0.2, -0.15) is 0 Å². The number of hydrogen-bond donors (Lipinski definition) is 1. The lowest BCUT2D eigenvalue weighted by Gasteiger charge is -2.19. The molecule has 0 aromatic heterocycles. The van der Waals surface area contributed by atoms with Crippen molar-refractivity contribution in [1.29, 1.82) is 0 Å². The van der Waals surface area contributed by atoms with E-state index < -0.39 is 0 Å². The van der Waals surface area contributed by atoms with E-state index in [0.29, 0.717) is 0 Å². The molecular weight excluding hydrogens is 298 g/mol. The van der Waals surface area contributed by atoms with E-state index in [-0.39, 0.29) is 5.41 Å². The van der Waals surface area contributed by atoms with Gasteiger partial charge in [0.05, 0.1) is 14.2 Å². The van der Waals surface area contributed by atoms with Crippen molar-refractivity contribution in [2.45, 2.75) is 39.2 Å². The first-order chi connectivity index (χ1) is 11.4. The average Bonchev–Trinajstić information content (AvgIpc) is 2.58. The fourth-order valence-corrected chi connectivity index (χ4v) is 2.60. The predicted octanol–water partition coefficient (Wildman–Crippen LogP) is 4.33. The summed E-state index contributed by atoms with van der Waals surface area (Å²) < 4.78 is 10.6. The fourth-order valence-electron chi connectivity index (χ4n) is 2.60. The van der Waals surface area contributed by atoms with Gasteiger partial charge in [0.25, 0.3) is 0 Å². The van der Waals surface area contributed by atoms with Crippen LogP contribution in [0.25, 0.3) is 0 Å². The molecule has 0 unspecified atom stereocenters. The van der Waals surface area contributed by atoms with Crippen LogP contribution in [0.5, 0.6) is 11.5 Å². The van der Waals surface area contributed by atoms with E-state index in [4.69, 9.17) is 9.47 Å². The maximum atomic E-state index is 5.31. The highest BCUT2D eigenvalue weighted by Gasteiger charge is 2.12. The molecule has 0 atom stereocenters. The van der Waals surface area contributed by atoms with Crippen molar-refractivity contribution in [2.75, 3.05) is 20.8 Å². The van der Waals surface area contributed by atoms with Gasteiger partial charge in [-0.3, -0.25) is 0 Å². The Kier molecular flexibility index (Phi) is 6.27. The number of hydrogen-bond acceptors (Lipinski definition) is 3. The molecule has 3 heteroatoms. The summed E-state index contributed by atoms with van der Waals surface area (Å²) >= 11 is 0. The van der Waals surface area contributed by atoms with Crippen molar-refractivity contribution >= 4 is 0 Å². The van der Waals surface area contributed by atoms with E-state index in [1.54, 1.807) is 14.2 Å². The quantitative estimate of drug-likeness (QED) is 0.768. The summed E-state index contributed by atoms with van der Waals surface area (Å²) in [5.74, 6) is 1.67. The topological polar surface area (TPSA) is 30.5 Å². The Bertz CT molecular complexity index is 620.